The van der Waals surface area contributed by atoms with E-state index in [2.05, 4.69) is 99.6 Å². The summed E-state index contributed by atoms with van der Waals surface area (Å²) in [5.74, 6) is 1.79. The molecule has 176 valence electrons. The summed E-state index contributed by atoms with van der Waals surface area (Å²) in [6.07, 6.45) is 2.79. The van der Waals surface area contributed by atoms with E-state index in [1.54, 1.807) is 0 Å². The Balaban J connectivity index is 1.79. The monoisotopic (exact) mass is 445 g/mol. The lowest BCUT2D eigenvalue weighted by Gasteiger charge is -2.30. The van der Waals surface area contributed by atoms with E-state index < -0.39 is 0 Å². The van der Waals surface area contributed by atoms with E-state index in [4.69, 9.17) is 9.72 Å². The van der Waals surface area contributed by atoms with Crippen molar-refractivity contribution >= 4 is 0 Å². The molecule has 0 bridgehead atoms. The highest BCUT2D eigenvalue weighted by atomic mass is 16.5. The van der Waals surface area contributed by atoms with Crippen LogP contribution in [0.1, 0.15) is 42.1 Å². The molecule has 0 aliphatic heterocycles. The van der Waals surface area contributed by atoms with E-state index in [1.165, 1.54) is 22.5 Å². The maximum atomic E-state index is 6.28. The van der Waals surface area contributed by atoms with Gasteiger partial charge in [-0.05, 0) is 74.4 Å². The van der Waals surface area contributed by atoms with Crippen LogP contribution in [0.3, 0.4) is 0 Å². The van der Waals surface area contributed by atoms with Gasteiger partial charge in [0, 0.05) is 30.2 Å². The molecule has 0 aliphatic carbocycles. The molecule has 0 saturated carbocycles. The van der Waals surface area contributed by atoms with Crippen molar-refractivity contribution < 1.29 is 4.74 Å². The van der Waals surface area contributed by atoms with Crippen LogP contribution in [0, 0.1) is 32.6 Å². The highest BCUT2D eigenvalue weighted by Gasteiger charge is 2.26. The fourth-order valence-electron chi connectivity index (χ4n) is 4.49. The minimum atomic E-state index is 0.0764. The minimum Gasteiger partial charge on any atom is -0.373 e. The van der Waals surface area contributed by atoms with Gasteiger partial charge in [-0.3, -0.25) is 0 Å². The molecule has 2 heterocycles. The third kappa shape index (κ3) is 6.89. The summed E-state index contributed by atoms with van der Waals surface area (Å²) in [5, 5.41) is 3.61. The van der Waals surface area contributed by atoms with Gasteiger partial charge in [-0.1, -0.05) is 50.3 Å². The first kappa shape index (κ1) is 24.9. The molecule has 4 heteroatoms. The molecule has 0 aliphatic rings. The molecule has 33 heavy (non-hydrogen) atoms. The van der Waals surface area contributed by atoms with Gasteiger partial charge in [-0.25, -0.2) is 4.98 Å². The molecule has 0 amide bonds. The minimum absolute atomic E-state index is 0.0764. The van der Waals surface area contributed by atoms with E-state index in [-0.39, 0.29) is 6.10 Å². The Hall–Kier alpha value is -2.69. The first-order valence-electron chi connectivity index (χ1n) is 12.0. The fourth-order valence-corrected chi connectivity index (χ4v) is 4.49. The number of pyridine rings is 1. The zero-order chi connectivity index (χ0) is 23.8. The van der Waals surface area contributed by atoms with Gasteiger partial charge in [-0.15, -0.1) is 6.58 Å². The highest BCUT2D eigenvalue weighted by Crippen LogP contribution is 2.25. The van der Waals surface area contributed by atoms with Gasteiger partial charge in [0.2, 0.25) is 0 Å². The SMILES string of the molecule is C=CCO[C@@H](CNCc1ccccc1)[C@H](Cc1cc(C)cc(-n2c(C)ccc2C)n1)C(C)C. The lowest BCUT2D eigenvalue weighted by molar-refractivity contribution is 0.0127. The largest absolute Gasteiger partial charge is 0.373 e. The number of rotatable bonds is 12. The molecule has 0 radical (unpaired) electrons. The topological polar surface area (TPSA) is 39.1 Å². The first-order valence-corrected chi connectivity index (χ1v) is 12.0. The molecule has 2 aromatic heterocycles. The molecule has 3 rings (SSSR count). The normalized spacial score (nSPS) is 13.3. The fraction of sp³-hybridized carbons (Fsp3) is 0.414. The second kappa shape index (κ2) is 12.0. The van der Waals surface area contributed by atoms with Crippen molar-refractivity contribution in [3.8, 4) is 5.82 Å². The molecule has 0 spiro atoms. The number of nitrogens with one attached hydrogen (secondary N) is 1. The van der Waals surface area contributed by atoms with Gasteiger partial charge in [0.05, 0.1) is 12.7 Å². The Bertz CT molecular complexity index is 1000. The lowest BCUT2D eigenvalue weighted by Crippen LogP contribution is -2.38. The van der Waals surface area contributed by atoms with Crippen LogP contribution >= 0.6 is 0 Å². The van der Waals surface area contributed by atoms with E-state index in [0.29, 0.717) is 18.4 Å². The average Bonchev–Trinajstić information content (AvgIpc) is 3.12. The number of hydrogen-bond donors (Lipinski definition) is 1. The van der Waals surface area contributed by atoms with Crippen molar-refractivity contribution in [3.63, 3.8) is 0 Å². The summed E-state index contributed by atoms with van der Waals surface area (Å²) in [6, 6.07) is 19.2. The number of aromatic nitrogens is 2. The lowest BCUT2D eigenvalue weighted by atomic mass is 9.85. The molecule has 0 saturated heterocycles. The summed E-state index contributed by atoms with van der Waals surface area (Å²) in [4.78, 5) is 5.08. The summed E-state index contributed by atoms with van der Waals surface area (Å²) in [5.41, 5.74) is 6.04. The Labute approximate surface area is 199 Å². The van der Waals surface area contributed by atoms with Crippen molar-refractivity contribution in [2.45, 2.75) is 53.7 Å². The second-order valence-corrected chi connectivity index (χ2v) is 9.33. The molecule has 0 fully saturated rings. The third-order valence-electron chi connectivity index (χ3n) is 6.23. The second-order valence-electron chi connectivity index (χ2n) is 9.33. The maximum absolute atomic E-state index is 6.28. The molecular weight excluding hydrogens is 406 g/mol. The van der Waals surface area contributed by atoms with Crippen LogP contribution in [-0.2, 0) is 17.7 Å². The summed E-state index contributed by atoms with van der Waals surface area (Å²) in [7, 11) is 0. The predicted octanol–water partition coefficient (Wildman–Crippen LogP) is 5.97. The van der Waals surface area contributed by atoms with Gasteiger partial charge >= 0.3 is 0 Å². The Morgan fingerprint density at radius 2 is 1.73 bits per heavy atom. The van der Waals surface area contributed by atoms with Gasteiger partial charge in [0.1, 0.15) is 5.82 Å². The van der Waals surface area contributed by atoms with Crippen LogP contribution in [0.25, 0.3) is 5.82 Å². The van der Waals surface area contributed by atoms with Crippen molar-refractivity contribution in [1.29, 1.82) is 0 Å². The zero-order valence-electron chi connectivity index (χ0n) is 20.8. The van der Waals surface area contributed by atoms with Gasteiger partial charge in [-0.2, -0.15) is 0 Å². The first-order chi connectivity index (χ1) is 15.9. The summed E-state index contributed by atoms with van der Waals surface area (Å²) < 4.78 is 8.51. The van der Waals surface area contributed by atoms with Crippen LogP contribution in [0.2, 0.25) is 0 Å². The number of benzene rings is 1. The van der Waals surface area contributed by atoms with Crippen LogP contribution in [-0.4, -0.2) is 28.8 Å². The quantitative estimate of drug-likeness (QED) is 0.349. The molecule has 0 unspecified atom stereocenters. The maximum Gasteiger partial charge on any atom is 0.137 e. The van der Waals surface area contributed by atoms with E-state index in [1.807, 2.05) is 12.1 Å². The Morgan fingerprint density at radius 1 is 1.03 bits per heavy atom. The third-order valence-corrected chi connectivity index (χ3v) is 6.23. The summed E-state index contributed by atoms with van der Waals surface area (Å²) >= 11 is 0. The van der Waals surface area contributed by atoms with Crippen molar-refractivity contribution in [2.75, 3.05) is 13.2 Å². The van der Waals surface area contributed by atoms with E-state index >= 15 is 0 Å². The number of hydrogen-bond acceptors (Lipinski definition) is 3. The van der Waals surface area contributed by atoms with Gasteiger partial charge in [0.25, 0.3) is 0 Å². The smallest absolute Gasteiger partial charge is 0.137 e. The number of ether oxygens (including phenoxy) is 1. The van der Waals surface area contributed by atoms with Crippen molar-refractivity contribution in [2.24, 2.45) is 11.8 Å². The van der Waals surface area contributed by atoms with Crippen LogP contribution < -0.4 is 5.32 Å². The molecule has 3 aromatic rings. The molecule has 2 atom stereocenters. The highest BCUT2D eigenvalue weighted by molar-refractivity contribution is 5.35. The summed E-state index contributed by atoms with van der Waals surface area (Å²) in [6.45, 7) is 17.0. The van der Waals surface area contributed by atoms with Crippen LogP contribution in [0.4, 0.5) is 0 Å². The van der Waals surface area contributed by atoms with E-state index in [9.17, 15) is 0 Å². The molecule has 4 nitrogen and oxygen atoms in total. The number of aryl methyl sites for hydroxylation is 3. The van der Waals surface area contributed by atoms with Crippen molar-refractivity contribution in [1.82, 2.24) is 14.9 Å². The standard InChI is InChI=1S/C29H39N3O/c1-7-15-33-28(20-30-19-25-11-9-8-10-12-25)27(21(2)3)18-26-16-22(4)17-29(31-26)32-23(5)13-14-24(32)6/h7-14,16-17,21,27-28,30H,1,15,18-20H2,2-6H3/t27-,28+/m1/s1. The number of nitrogens with zero attached hydrogens (tertiary/aromatic N) is 2. The average molecular weight is 446 g/mol. The Kier molecular flexibility index (Phi) is 9.04. The predicted molar refractivity (Wildman–Crippen MR) is 138 cm³/mol. The molecule has 1 N–H and O–H groups in total. The van der Waals surface area contributed by atoms with Crippen LogP contribution in [0.5, 0.6) is 0 Å². The van der Waals surface area contributed by atoms with Crippen molar-refractivity contribution in [3.05, 3.63) is 95.5 Å². The zero-order valence-corrected chi connectivity index (χ0v) is 20.8. The molecule has 1 aromatic carbocycles. The van der Waals surface area contributed by atoms with Crippen LogP contribution in [0.15, 0.2) is 67.3 Å². The molecular formula is C29H39N3O. The van der Waals surface area contributed by atoms with E-state index in [0.717, 1.165) is 31.0 Å². The van der Waals surface area contributed by atoms with Gasteiger partial charge < -0.3 is 14.6 Å². The van der Waals surface area contributed by atoms with Gasteiger partial charge in [0.15, 0.2) is 0 Å². The Morgan fingerprint density at radius 3 is 2.36 bits per heavy atom.